The molecule has 0 radical (unpaired) electrons. The summed E-state index contributed by atoms with van der Waals surface area (Å²) >= 11 is 1.61. The number of nitrogens with one attached hydrogen (secondary N) is 1. The van der Waals surface area contributed by atoms with E-state index >= 15 is 0 Å². The summed E-state index contributed by atoms with van der Waals surface area (Å²) in [6.45, 7) is 2.05. The van der Waals surface area contributed by atoms with Gasteiger partial charge >= 0.3 is 6.03 Å². The van der Waals surface area contributed by atoms with Crippen LogP contribution in [0.1, 0.15) is 0 Å². The van der Waals surface area contributed by atoms with Crippen LogP contribution >= 0.6 is 11.8 Å². The summed E-state index contributed by atoms with van der Waals surface area (Å²) in [5, 5.41) is 2.86. The summed E-state index contributed by atoms with van der Waals surface area (Å²) in [5.74, 6) is 1.11. The van der Waals surface area contributed by atoms with Crippen LogP contribution in [0.4, 0.5) is 16.2 Å². The number of amides is 3. The number of rotatable bonds is 5. The van der Waals surface area contributed by atoms with Gasteiger partial charge in [0.15, 0.2) is 11.5 Å². The van der Waals surface area contributed by atoms with E-state index in [9.17, 15) is 9.59 Å². The van der Waals surface area contributed by atoms with Gasteiger partial charge in [-0.3, -0.25) is 9.69 Å². The van der Waals surface area contributed by atoms with E-state index in [1.54, 1.807) is 21.6 Å². The Labute approximate surface area is 167 Å². The van der Waals surface area contributed by atoms with Crippen LogP contribution in [-0.4, -0.2) is 55.9 Å². The van der Waals surface area contributed by atoms with E-state index in [-0.39, 0.29) is 18.5 Å². The maximum absolute atomic E-state index is 12.8. The molecule has 2 aliphatic heterocycles. The second-order valence-electron chi connectivity index (χ2n) is 6.46. The van der Waals surface area contributed by atoms with E-state index in [1.807, 2.05) is 48.7 Å². The number of carbonyl (C=O) groups is 2. The van der Waals surface area contributed by atoms with E-state index in [0.29, 0.717) is 37.8 Å². The zero-order chi connectivity index (χ0) is 19.5. The minimum absolute atomic E-state index is 0.0172. The highest BCUT2D eigenvalue weighted by Crippen LogP contribution is 2.35. The number of hydrogen-bond donors (Lipinski definition) is 1. The van der Waals surface area contributed by atoms with Gasteiger partial charge in [-0.2, -0.15) is 0 Å². The summed E-state index contributed by atoms with van der Waals surface area (Å²) in [5.41, 5.74) is 1.47. The average molecular weight is 399 g/mol. The molecule has 7 nitrogen and oxygen atoms in total. The molecule has 1 saturated heterocycles. The van der Waals surface area contributed by atoms with Crippen molar-refractivity contribution in [1.82, 2.24) is 4.90 Å². The molecule has 0 unspecified atom stereocenters. The van der Waals surface area contributed by atoms with Crippen LogP contribution in [0.15, 0.2) is 47.4 Å². The van der Waals surface area contributed by atoms with Crippen LogP contribution in [0.25, 0.3) is 0 Å². The average Bonchev–Trinajstić information content (AvgIpc) is 3.07. The molecule has 146 valence electrons. The Morgan fingerprint density at radius 1 is 1.11 bits per heavy atom. The van der Waals surface area contributed by atoms with Crippen LogP contribution in [0, 0.1) is 0 Å². The summed E-state index contributed by atoms with van der Waals surface area (Å²) in [6, 6.07) is 12.9. The minimum atomic E-state index is -0.212. The Morgan fingerprint density at radius 2 is 1.93 bits per heavy atom. The highest BCUT2D eigenvalue weighted by molar-refractivity contribution is 7.98. The summed E-state index contributed by atoms with van der Waals surface area (Å²) in [4.78, 5) is 29.4. The first-order chi connectivity index (χ1) is 13.6. The molecule has 8 heteroatoms. The molecule has 2 aromatic rings. The lowest BCUT2D eigenvalue weighted by atomic mass is 10.2. The van der Waals surface area contributed by atoms with Crippen molar-refractivity contribution < 1.29 is 19.1 Å². The lowest BCUT2D eigenvalue weighted by Gasteiger charge is -2.22. The molecule has 4 rings (SSSR count). The summed E-state index contributed by atoms with van der Waals surface area (Å²) in [7, 11) is 0. The van der Waals surface area contributed by atoms with Crippen molar-refractivity contribution in [3.8, 4) is 11.5 Å². The van der Waals surface area contributed by atoms with Gasteiger partial charge in [-0.25, -0.2) is 4.79 Å². The predicted molar refractivity (Wildman–Crippen MR) is 109 cm³/mol. The molecule has 0 bridgehead atoms. The molecular formula is C20H21N3O4S. The van der Waals surface area contributed by atoms with E-state index < -0.39 is 0 Å². The van der Waals surface area contributed by atoms with Crippen LogP contribution in [0.3, 0.4) is 0 Å². The third-order valence-electron chi connectivity index (χ3n) is 4.62. The number of hydrogen-bond acceptors (Lipinski definition) is 5. The molecule has 0 spiro atoms. The molecule has 2 heterocycles. The highest BCUT2D eigenvalue weighted by Gasteiger charge is 2.31. The summed E-state index contributed by atoms with van der Waals surface area (Å²) in [6.07, 6.45) is 1.98. The number of thioether (sulfide) groups is 1. The quantitative estimate of drug-likeness (QED) is 0.783. The second kappa shape index (κ2) is 8.02. The van der Waals surface area contributed by atoms with Crippen molar-refractivity contribution in [2.24, 2.45) is 0 Å². The second-order valence-corrected chi connectivity index (χ2v) is 7.34. The van der Waals surface area contributed by atoms with Gasteiger partial charge in [0, 0.05) is 35.4 Å². The summed E-state index contributed by atoms with van der Waals surface area (Å²) < 4.78 is 11.1. The minimum Gasteiger partial charge on any atom is -0.486 e. The van der Waals surface area contributed by atoms with Crippen molar-refractivity contribution in [2.75, 3.05) is 49.3 Å². The largest absolute Gasteiger partial charge is 0.486 e. The molecule has 2 aromatic carbocycles. The van der Waals surface area contributed by atoms with Gasteiger partial charge in [-0.1, -0.05) is 6.07 Å². The topological polar surface area (TPSA) is 71.1 Å². The first-order valence-corrected chi connectivity index (χ1v) is 10.3. The predicted octanol–water partition coefficient (Wildman–Crippen LogP) is 3.06. The lowest BCUT2D eigenvalue weighted by Crippen LogP contribution is -2.37. The van der Waals surface area contributed by atoms with Gasteiger partial charge in [0.05, 0.1) is 0 Å². The van der Waals surface area contributed by atoms with Crippen molar-refractivity contribution in [1.29, 1.82) is 0 Å². The van der Waals surface area contributed by atoms with Gasteiger partial charge in [0.1, 0.15) is 19.8 Å². The number of nitrogens with zero attached hydrogens (tertiary/aromatic N) is 2. The number of carbonyl (C=O) groups excluding carboxylic acids is 2. The molecule has 0 aromatic heterocycles. The SMILES string of the molecule is CSc1cccc(NC(=O)CN2CCN(c3ccc4c(c3)OCCO4)C2=O)c1. The Bertz CT molecular complexity index is 905. The molecule has 3 amide bonds. The first-order valence-electron chi connectivity index (χ1n) is 9.04. The van der Waals surface area contributed by atoms with Crippen molar-refractivity contribution >= 4 is 35.1 Å². The van der Waals surface area contributed by atoms with Crippen molar-refractivity contribution in [3.63, 3.8) is 0 Å². The van der Waals surface area contributed by atoms with Crippen LogP contribution in [0.2, 0.25) is 0 Å². The molecule has 0 saturated carbocycles. The van der Waals surface area contributed by atoms with Gasteiger partial charge in [-0.05, 0) is 36.6 Å². The Morgan fingerprint density at radius 3 is 2.75 bits per heavy atom. The van der Waals surface area contributed by atoms with Crippen LogP contribution in [-0.2, 0) is 4.79 Å². The van der Waals surface area contributed by atoms with Gasteiger partial charge < -0.3 is 19.7 Å². The first kappa shape index (κ1) is 18.5. The molecular weight excluding hydrogens is 378 g/mol. The molecule has 2 aliphatic rings. The zero-order valence-electron chi connectivity index (χ0n) is 15.5. The fraction of sp³-hybridized carbons (Fsp3) is 0.300. The van der Waals surface area contributed by atoms with Crippen LogP contribution in [0.5, 0.6) is 11.5 Å². The normalized spacial score (nSPS) is 15.7. The van der Waals surface area contributed by atoms with Gasteiger partial charge in [-0.15, -0.1) is 11.8 Å². The third-order valence-corrected chi connectivity index (χ3v) is 5.35. The Balaban J connectivity index is 1.39. The lowest BCUT2D eigenvalue weighted by molar-refractivity contribution is -0.116. The van der Waals surface area contributed by atoms with E-state index in [1.165, 1.54) is 0 Å². The highest BCUT2D eigenvalue weighted by atomic mass is 32.2. The molecule has 1 N–H and O–H groups in total. The maximum atomic E-state index is 12.8. The monoisotopic (exact) mass is 399 g/mol. The number of benzene rings is 2. The third kappa shape index (κ3) is 3.87. The number of anilines is 2. The Kier molecular flexibility index (Phi) is 5.29. The van der Waals surface area contributed by atoms with Crippen molar-refractivity contribution in [2.45, 2.75) is 4.90 Å². The fourth-order valence-electron chi connectivity index (χ4n) is 3.24. The molecule has 0 aliphatic carbocycles. The standard InChI is InChI=1S/C20H21N3O4S/c1-28-16-4-2-3-14(11-16)21-19(24)13-22-7-8-23(20(22)25)15-5-6-17-18(12-15)27-10-9-26-17/h2-6,11-12H,7-10,13H2,1H3,(H,21,24). The number of ether oxygens (including phenoxy) is 2. The fourth-order valence-corrected chi connectivity index (χ4v) is 3.70. The zero-order valence-corrected chi connectivity index (χ0v) is 16.3. The van der Waals surface area contributed by atoms with Crippen molar-refractivity contribution in [3.05, 3.63) is 42.5 Å². The van der Waals surface area contributed by atoms with E-state index in [4.69, 9.17) is 9.47 Å². The molecule has 28 heavy (non-hydrogen) atoms. The van der Waals surface area contributed by atoms with Crippen LogP contribution < -0.4 is 19.7 Å². The van der Waals surface area contributed by atoms with Gasteiger partial charge in [0.25, 0.3) is 0 Å². The molecule has 1 fully saturated rings. The maximum Gasteiger partial charge on any atom is 0.325 e. The van der Waals surface area contributed by atoms with E-state index in [2.05, 4.69) is 5.32 Å². The molecule has 0 atom stereocenters. The Hall–Kier alpha value is -2.87. The van der Waals surface area contributed by atoms with E-state index in [0.717, 1.165) is 16.3 Å². The van der Waals surface area contributed by atoms with Gasteiger partial charge in [0.2, 0.25) is 5.91 Å². The smallest absolute Gasteiger partial charge is 0.325 e. The number of urea groups is 1. The number of fused-ring (bicyclic) bond motifs is 1.